The van der Waals surface area contributed by atoms with Crippen LogP contribution >= 0.6 is 0 Å². The Balaban J connectivity index is 1.88. The highest BCUT2D eigenvalue weighted by atomic mass is 16.5. The lowest BCUT2D eigenvalue weighted by molar-refractivity contribution is -0.120. The van der Waals surface area contributed by atoms with Crippen LogP contribution in [0.2, 0.25) is 0 Å². The Morgan fingerprint density at radius 3 is 2.29 bits per heavy atom. The van der Waals surface area contributed by atoms with Crippen LogP contribution in [0.3, 0.4) is 0 Å². The predicted octanol–water partition coefficient (Wildman–Crippen LogP) is 2.69. The zero-order valence-corrected chi connectivity index (χ0v) is 13.9. The minimum Gasteiger partial charge on any atom is -0.497 e. The number of methoxy groups -OCH3 is 1. The van der Waals surface area contributed by atoms with Gasteiger partial charge in [-0.25, -0.2) is 0 Å². The molecule has 0 aromatic heterocycles. The minimum atomic E-state index is -0.261. The van der Waals surface area contributed by atoms with Crippen molar-refractivity contribution in [2.75, 3.05) is 13.7 Å². The van der Waals surface area contributed by atoms with Gasteiger partial charge in [-0.3, -0.25) is 9.59 Å². The topological polar surface area (TPSA) is 67.4 Å². The fourth-order valence-corrected chi connectivity index (χ4v) is 2.35. The maximum Gasteiger partial charge on any atom is 0.251 e. The summed E-state index contributed by atoms with van der Waals surface area (Å²) in [6, 6.07) is 16.3. The maximum atomic E-state index is 12.1. The Morgan fingerprint density at radius 2 is 1.71 bits per heavy atom. The second-order valence-corrected chi connectivity index (χ2v) is 5.35. The number of rotatable bonds is 7. The van der Waals surface area contributed by atoms with Crippen LogP contribution in [0.5, 0.6) is 5.75 Å². The third-order valence-electron chi connectivity index (χ3n) is 3.71. The second-order valence-electron chi connectivity index (χ2n) is 5.35. The first kappa shape index (κ1) is 17.5. The van der Waals surface area contributed by atoms with Gasteiger partial charge >= 0.3 is 0 Å². The minimum absolute atomic E-state index is 0.0552. The molecule has 2 N–H and O–H groups in total. The first-order valence-corrected chi connectivity index (χ1v) is 7.90. The Morgan fingerprint density at radius 1 is 1.04 bits per heavy atom. The molecule has 24 heavy (non-hydrogen) atoms. The van der Waals surface area contributed by atoms with E-state index in [0.29, 0.717) is 5.56 Å². The molecule has 0 bridgehead atoms. The number of amides is 2. The van der Waals surface area contributed by atoms with E-state index in [0.717, 1.165) is 17.7 Å². The molecule has 1 unspecified atom stereocenters. The van der Waals surface area contributed by atoms with E-state index in [4.69, 9.17) is 4.74 Å². The summed E-state index contributed by atoms with van der Waals surface area (Å²) in [5.41, 5.74) is 1.54. The third-order valence-corrected chi connectivity index (χ3v) is 3.71. The van der Waals surface area contributed by atoms with E-state index in [9.17, 15) is 9.59 Å². The molecule has 0 fully saturated rings. The molecule has 126 valence electrons. The van der Waals surface area contributed by atoms with Gasteiger partial charge in [0, 0.05) is 5.56 Å². The number of benzene rings is 2. The molecule has 5 heteroatoms. The number of ether oxygens (including phenoxy) is 1. The Hall–Kier alpha value is -2.82. The summed E-state index contributed by atoms with van der Waals surface area (Å²) in [6.45, 7) is 1.94. The van der Waals surface area contributed by atoms with E-state index in [-0.39, 0.29) is 24.4 Å². The van der Waals surface area contributed by atoms with Gasteiger partial charge in [0.15, 0.2) is 0 Å². The maximum absolute atomic E-state index is 12.1. The number of nitrogens with one attached hydrogen (secondary N) is 2. The van der Waals surface area contributed by atoms with Gasteiger partial charge in [0.05, 0.1) is 19.7 Å². The van der Waals surface area contributed by atoms with Crippen molar-refractivity contribution < 1.29 is 14.3 Å². The van der Waals surface area contributed by atoms with Crippen LogP contribution in [0, 0.1) is 0 Å². The van der Waals surface area contributed by atoms with Crippen LogP contribution in [-0.2, 0) is 4.79 Å². The van der Waals surface area contributed by atoms with Crippen molar-refractivity contribution in [3.63, 3.8) is 0 Å². The quantitative estimate of drug-likeness (QED) is 0.822. The normalized spacial score (nSPS) is 11.4. The van der Waals surface area contributed by atoms with Crippen LogP contribution < -0.4 is 15.4 Å². The third kappa shape index (κ3) is 4.84. The molecule has 0 radical (unpaired) electrons. The average Bonchev–Trinajstić information content (AvgIpc) is 2.65. The van der Waals surface area contributed by atoms with E-state index in [1.54, 1.807) is 31.4 Å². The fraction of sp³-hybridized carbons (Fsp3) is 0.263. The summed E-state index contributed by atoms with van der Waals surface area (Å²) in [4.78, 5) is 24.0. The van der Waals surface area contributed by atoms with E-state index in [1.165, 1.54) is 0 Å². The van der Waals surface area contributed by atoms with Crippen LogP contribution in [0.4, 0.5) is 0 Å². The molecular weight excluding hydrogens is 304 g/mol. The summed E-state index contributed by atoms with van der Waals surface area (Å²) in [7, 11) is 1.61. The van der Waals surface area contributed by atoms with Crippen LogP contribution in [0.1, 0.15) is 35.3 Å². The number of carbonyl (C=O) groups excluding carboxylic acids is 2. The van der Waals surface area contributed by atoms with Gasteiger partial charge in [0.25, 0.3) is 5.91 Å². The number of carbonyl (C=O) groups is 2. The van der Waals surface area contributed by atoms with Crippen molar-refractivity contribution in [1.82, 2.24) is 10.6 Å². The molecule has 2 aromatic carbocycles. The van der Waals surface area contributed by atoms with Gasteiger partial charge < -0.3 is 15.4 Å². The number of hydrogen-bond acceptors (Lipinski definition) is 3. The molecule has 0 aliphatic carbocycles. The fourth-order valence-electron chi connectivity index (χ4n) is 2.35. The summed E-state index contributed by atoms with van der Waals surface area (Å²) in [5, 5.41) is 5.56. The molecule has 5 nitrogen and oxygen atoms in total. The second kappa shape index (κ2) is 8.72. The van der Waals surface area contributed by atoms with Crippen molar-refractivity contribution in [2.24, 2.45) is 0 Å². The van der Waals surface area contributed by atoms with Gasteiger partial charge in [-0.1, -0.05) is 37.3 Å². The molecule has 0 saturated heterocycles. The Bertz CT molecular complexity index is 669. The first-order valence-electron chi connectivity index (χ1n) is 7.90. The summed E-state index contributed by atoms with van der Waals surface area (Å²) >= 11 is 0. The zero-order chi connectivity index (χ0) is 17.4. The molecule has 1 atom stereocenters. The lowest BCUT2D eigenvalue weighted by Crippen LogP contribution is -2.38. The molecule has 0 heterocycles. The zero-order valence-electron chi connectivity index (χ0n) is 13.9. The van der Waals surface area contributed by atoms with Gasteiger partial charge in [-0.15, -0.1) is 0 Å². The lowest BCUT2D eigenvalue weighted by Gasteiger charge is -2.18. The van der Waals surface area contributed by atoms with Crippen molar-refractivity contribution in [2.45, 2.75) is 19.4 Å². The lowest BCUT2D eigenvalue weighted by atomic mass is 10.0. The van der Waals surface area contributed by atoms with Crippen LogP contribution in [0.25, 0.3) is 0 Å². The standard InChI is InChI=1S/C19H22N2O3/c1-3-17(14-9-11-16(24-2)12-10-14)21-18(22)13-20-19(23)15-7-5-4-6-8-15/h4-12,17H,3,13H2,1-2H3,(H,20,23)(H,21,22). The largest absolute Gasteiger partial charge is 0.497 e. The smallest absolute Gasteiger partial charge is 0.251 e. The van der Waals surface area contributed by atoms with Crippen LogP contribution in [-0.4, -0.2) is 25.5 Å². The monoisotopic (exact) mass is 326 g/mol. The van der Waals surface area contributed by atoms with Gasteiger partial charge in [0.1, 0.15) is 5.75 Å². The average molecular weight is 326 g/mol. The van der Waals surface area contributed by atoms with E-state index >= 15 is 0 Å². The van der Waals surface area contributed by atoms with Crippen molar-refractivity contribution in [3.05, 3.63) is 65.7 Å². The molecule has 0 aliphatic heterocycles. The molecule has 0 saturated carbocycles. The molecule has 0 spiro atoms. The van der Waals surface area contributed by atoms with Crippen molar-refractivity contribution >= 4 is 11.8 Å². The van der Waals surface area contributed by atoms with E-state index < -0.39 is 0 Å². The van der Waals surface area contributed by atoms with Gasteiger partial charge in [-0.2, -0.15) is 0 Å². The van der Waals surface area contributed by atoms with Crippen molar-refractivity contribution in [3.8, 4) is 5.75 Å². The Labute approximate surface area is 142 Å². The highest BCUT2D eigenvalue weighted by Crippen LogP contribution is 2.19. The molecule has 2 aromatic rings. The Kier molecular flexibility index (Phi) is 6.37. The summed E-state index contributed by atoms with van der Waals surface area (Å²) in [5.74, 6) is 0.292. The van der Waals surface area contributed by atoms with Crippen molar-refractivity contribution in [1.29, 1.82) is 0 Å². The number of hydrogen-bond donors (Lipinski definition) is 2. The van der Waals surface area contributed by atoms with Gasteiger partial charge in [0.2, 0.25) is 5.91 Å². The molecular formula is C19H22N2O3. The molecule has 2 amide bonds. The summed E-state index contributed by atoms with van der Waals surface area (Å²) < 4.78 is 5.14. The SMILES string of the molecule is CCC(NC(=O)CNC(=O)c1ccccc1)c1ccc(OC)cc1. The summed E-state index contributed by atoms with van der Waals surface area (Å²) in [6.07, 6.45) is 0.755. The van der Waals surface area contributed by atoms with E-state index in [2.05, 4.69) is 10.6 Å². The van der Waals surface area contributed by atoms with Crippen LogP contribution in [0.15, 0.2) is 54.6 Å². The highest BCUT2D eigenvalue weighted by Gasteiger charge is 2.14. The predicted molar refractivity (Wildman–Crippen MR) is 92.9 cm³/mol. The molecule has 0 aliphatic rings. The van der Waals surface area contributed by atoms with E-state index in [1.807, 2.05) is 37.3 Å². The molecule has 2 rings (SSSR count). The highest BCUT2D eigenvalue weighted by molar-refractivity contribution is 5.96. The van der Waals surface area contributed by atoms with Gasteiger partial charge in [-0.05, 0) is 36.2 Å². The first-order chi connectivity index (χ1) is 11.6.